The van der Waals surface area contributed by atoms with Gasteiger partial charge in [0.15, 0.2) is 5.96 Å². The summed E-state index contributed by atoms with van der Waals surface area (Å²) in [5.41, 5.74) is 0.310. The minimum absolute atomic E-state index is 0.267. The number of halogens is 1. The highest BCUT2D eigenvalue weighted by atomic mass is 19.1. The van der Waals surface area contributed by atoms with E-state index in [4.69, 9.17) is 4.74 Å². The average molecular weight is 338 g/mol. The number of guanidine groups is 1. The number of amides is 1. The molecule has 2 N–H and O–H groups in total. The summed E-state index contributed by atoms with van der Waals surface area (Å²) >= 11 is 0. The number of aliphatic imine (C=N–C) groups is 1. The van der Waals surface area contributed by atoms with Crippen LogP contribution in [0.5, 0.6) is 0 Å². The summed E-state index contributed by atoms with van der Waals surface area (Å²) in [6.45, 7) is 6.92. The Labute approximate surface area is 143 Å². The molecule has 0 spiro atoms. The number of nitrogens with one attached hydrogen (secondary N) is 2. The lowest BCUT2D eigenvalue weighted by atomic mass is 10.2. The van der Waals surface area contributed by atoms with E-state index in [1.165, 1.54) is 17.0 Å². The van der Waals surface area contributed by atoms with Gasteiger partial charge in [-0.1, -0.05) is 12.1 Å². The summed E-state index contributed by atoms with van der Waals surface area (Å²) in [5, 5.41) is 6.19. The fourth-order valence-corrected chi connectivity index (χ4v) is 1.83. The minimum atomic E-state index is -0.513. The highest BCUT2D eigenvalue weighted by molar-refractivity contribution is 5.79. The number of likely N-dealkylation sites (N-methyl/N-ethyl adjacent to an activating group) is 1. The van der Waals surface area contributed by atoms with E-state index in [-0.39, 0.29) is 11.9 Å². The smallest absolute Gasteiger partial charge is 0.410 e. The van der Waals surface area contributed by atoms with Crippen LogP contribution in [0.3, 0.4) is 0 Å². The molecular formula is C17H27FN4O2. The van der Waals surface area contributed by atoms with Gasteiger partial charge in [-0.3, -0.25) is 4.99 Å². The Morgan fingerprint density at radius 3 is 2.62 bits per heavy atom. The number of rotatable bonds is 5. The predicted molar refractivity (Wildman–Crippen MR) is 93.5 cm³/mol. The second-order valence-corrected chi connectivity index (χ2v) is 6.38. The SMILES string of the molecule is CN=C(NCCN(C)C(=O)OC(C)(C)C)NCc1cccc(F)c1. The van der Waals surface area contributed by atoms with Crippen LogP contribution < -0.4 is 10.6 Å². The number of hydrogen-bond donors (Lipinski definition) is 2. The van der Waals surface area contributed by atoms with Crippen molar-refractivity contribution in [2.75, 3.05) is 27.2 Å². The van der Waals surface area contributed by atoms with E-state index in [1.54, 1.807) is 20.2 Å². The summed E-state index contributed by atoms with van der Waals surface area (Å²) in [6.07, 6.45) is -0.369. The van der Waals surface area contributed by atoms with Crippen LogP contribution in [0.25, 0.3) is 0 Å². The maximum atomic E-state index is 13.1. The summed E-state index contributed by atoms with van der Waals surface area (Å²) in [6, 6.07) is 6.37. The van der Waals surface area contributed by atoms with Crippen LogP contribution in [0.2, 0.25) is 0 Å². The van der Waals surface area contributed by atoms with Gasteiger partial charge in [0, 0.05) is 33.7 Å². The van der Waals surface area contributed by atoms with Crippen molar-refractivity contribution in [3.8, 4) is 0 Å². The molecule has 0 atom stereocenters. The van der Waals surface area contributed by atoms with Crippen molar-refractivity contribution in [1.29, 1.82) is 0 Å². The van der Waals surface area contributed by atoms with Crippen molar-refractivity contribution >= 4 is 12.1 Å². The number of carbonyl (C=O) groups is 1. The lowest BCUT2D eigenvalue weighted by molar-refractivity contribution is 0.0302. The largest absolute Gasteiger partial charge is 0.444 e. The van der Waals surface area contributed by atoms with E-state index < -0.39 is 5.60 Å². The van der Waals surface area contributed by atoms with Crippen LogP contribution >= 0.6 is 0 Å². The van der Waals surface area contributed by atoms with E-state index >= 15 is 0 Å². The third-order valence-corrected chi connectivity index (χ3v) is 3.02. The summed E-state index contributed by atoms with van der Waals surface area (Å²) in [5.74, 6) is 0.313. The molecule has 1 aromatic carbocycles. The van der Waals surface area contributed by atoms with Gasteiger partial charge in [-0.05, 0) is 38.5 Å². The van der Waals surface area contributed by atoms with Crippen molar-refractivity contribution in [2.45, 2.75) is 32.9 Å². The molecule has 7 heteroatoms. The number of ether oxygens (including phenoxy) is 1. The van der Waals surface area contributed by atoms with Crippen LogP contribution in [-0.2, 0) is 11.3 Å². The molecule has 0 saturated carbocycles. The zero-order valence-electron chi connectivity index (χ0n) is 15.0. The molecule has 0 bridgehead atoms. The summed E-state index contributed by atoms with van der Waals surface area (Å²) in [7, 11) is 3.33. The van der Waals surface area contributed by atoms with Gasteiger partial charge in [0.2, 0.25) is 0 Å². The molecule has 0 radical (unpaired) electrons. The van der Waals surface area contributed by atoms with Gasteiger partial charge in [0.1, 0.15) is 11.4 Å². The standard InChI is InChI=1S/C17H27FN4O2/c1-17(2,3)24-16(23)22(5)10-9-20-15(19-4)21-12-13-7-6-8-14(18)11-13/h6-8,11H,9-10,12H2,1-5H3,(H2,19,20,21). The second-order valence-electron chi connectivity index (χ2n) is 6.38. The number of carbonyl (C=O) groups excluding carboxylic acids is 1. The van der Waals surface area contributed by atoms with Gasteiger partial charge in [-0.15, -0.1) is 0 Å². The molecule has 0 aliphatic heterocycles. The molecule has 0 aromatic heterocycles. The molecule has 1 rings (SSSR count). The summed E-state index contributed by atoms with van der Waals surface area (Å²) < 4.78 is 18.4. The summed E-state index contributed by atoms with van der Waals surface area (Å²) in [4.78, 5) is 17.4. The molecule has 1 amide bonds. The van der Waals surface area contributed by atoms with E-state index in [9.17, 15) is 9.18 Å². The van der Waals surface area contributed by atoms with Gasteiger partial charge in [0.05, 0.1) is 0 Å². The molecule has 134 valence electrons. The van der Waals surface area contributed by atoms with Crippen LogP contribution in [0.4, 0.5) is 9.18 Å². The lowest BCUT2D eigenvalue weighted by Crippen LogP contribution is -2.42. The van der Waals surface area contributed by atoms with Crippen LogP contribution in [-0.4, -0.2) is 49.7 Å². The first-order valence-electron chi connectivity index (χ1n) is 7.84. The molecular weight excluding hydrogens is 311 g/mol. The Balaban J connectivity index is 2.35. The zero-order valence-corrected chi connectivity index (χ0v) is 15.0. The lowest BCUT2D eigenvalue weighted by Gasteiger charge is -2.24. The molecule has 0 fully saturated rings. The number of hydrogen-bond acceptors (Lipinski definition) is 3. The van der Waals surface area contributed by atoms with Crippen molar-refractivity contribution in [2.24, 2.45) is 4.99 Å². The van der Waals surface area contributed by atoms with Crippen molar-refractivity contribution in [3.63, 3.8) is 0 Å². The van der Waals surface area contributed by atoms with E-state index in [0.717, 1.165) is 5.56 Å². The van der Waals surface area contributed by atoms with E-state index in [1.807, 2.05) is 26.8 Å². The molecule has 0 heterocycles. The quantitative estimate of drug-likeness (QED) is 0.639. The normalized spacial score (nSPS) is 11.8. The van der Waals surface area contributed by atoms with Crippen LogP contribution in [0.15, 0.2) is 29.3 Å². The maximum absolute atomic E-state index is 13.1. The van der Waals surface area contributed by atoms with Gasteiger partial charge >= 0.3 is 6.09 Å². The van der Waals surface area contributed by atoms with Crippen molar-refractivity contribution in [3.05, 3.63) is 35.6 Å². The van der Waals surface area contributed by atoms with Gasteiger partial charge in [-0.2, -0.15) is 0 Å². The molecule has 0 saturated heterocycles. The number of benzene rings is 1. The Morgan fingerprint density at radius 1 is 1.33 bits per heavy atom. The first-order valence-corrected chi connectivity index (χ1v) is 7.84. The van der Waals surface area contributed by atoms with Crippen LogP contribution in [0, 0.1) is 5.82 Å². The zero-order chi connectivity index (χ0) is 18.2. The highest BCUT2D eigenvalue weighted by Gasteiger charge is 2.19. The molecule has 6 nitrogen and oxygen atoms in total. The topological polar surface area (TPSA) is 66.0 Å². The Bertz CT molecular complexity index is 570. The third kappa shape index (κ3) is 7.80. The molecule has 0 aliphatic carbocycles. The van der Waals surface area contributed by atoms with Crippen molar-refractivity contribution < 1.29 is 13.9 Å². The van der Waals surface area contributed by atoms with E-state index in [2.05, 4.69) is 15.6 Å². The maximum Gasteiger partial charge on any atom is 0.410 e. The fraction of sp³-hybridized carbons (Fsp3) is 0.529. The second kappa shape index (κ2) is 9.10. The predicted octanol–water partition coefficient (Wildman–Crippen LogP) is 2.36. The number of nitrogens with zero attached hydrogens (tertiary/aromatic N) is 2. The Morgan fingerprint density at radius 2 is 2.04 bits per heavy atom. The van der Waals surface area contributed by atoms with Gasteiger partial charge < -0.3 is 20.3 Å². The molecule has 1 aromatic rings. The van der Waals surface area contributed by atoms with E-state index in [0.29, 0.717) is 25.6 Å². The third-order valence-electron chi connectivity index (χ3n) is 3.02. The molecule has 0 aliphatic rings. The molecule has 0 unspecified atom stereocenters. The minimum Gasteiger partial charge on any atom is -0.444 e. The van der Waals surface area contributed by atoms with Gasteiger partial charge in [-0.25, -0.2) is 9.18 Å². The van der Waals surface area contributed by atoms with Crippen molar-refractivity contribution in [1.82, 2.24) is 15.5 Å². The van der Waals surface area contributed by atoms with Gasteiger partial charge in [0.25, 0.3) is 0 Å². The fourth-order valence-electron chi connectivity index (χ4n) is 1.83. The first kappa shape index (κ1) is 19.7. The molecule has 24 heavy (non-hydrogen) atoms. The Kier molecular flexibility index (Phi) is 7.48. The first-order chi connectivity index (χ1) is 11.2. The van der Waals surface area contributed by atoms with Crippen LogP contribution in [0.1, 0.15) is 26.3 Å². The monoisotopic (exact) mass is 338 g/mol. The Hall–Kier alpha value is -2.31. The average Bonchev–Trinajstić information content (AvgIpc) is 2.48. The highest BCUT2D eigenvalue weighted by Crippen LogP contribution is 2.08.